The molecule has 0 saturated heterocycles. The minimum absolute atomic E-state index is 0.164. The first kappa shape index (κ1) is 12.6. The summed E-state index contributed by atoms with van der Waals surface area (Å²) in [7, 11) is 3.72. The average Bonchev–Trinajstić information content (AvgIpc) is 2.31. The van der Waals surface area contributed by atoms with Gasteiger partial charge in [0, 0.05) is 20.2 Å². The number of hydrogen-bond donors (Lipinski definition) is 0. The Morgan fingerprint density at radius 1 is 1.39 bits per heavy atom. The van der Waals surface area contributed by atoms with Crippen LogP contribution in [0, 0.1) is 0 Å². The van der Waals surface area contributed by atoms with E-state index in [1.165, 1.54) is 10.7 Å². The number of hydrogen-bond acceptors (Lipinski definition) is 4. The van der Waals surface area contributed by atoms with Gasteiger partial charge in [-0.3, -0.25) is 4.79 Å². The Bertz CT molecular complexity index is 609. The van der Waals surface area contributed by atoms with Crippen molar-refractivity contribution in [3.05, 3.63) is 51.7 Å². The van der Waals surface area contributed by atoms with Crippen molar-refractivity contribution in [1.82, 2.24) is 14.8 Å². The summed E-state index contributed by atoms with van der Waals surface area (Å²) in [5, 5.41) is 4.51. The van der Waals surface area contributed by atoms with Gasteiger partial charge in [0.25, 0.3) is 5.56 Å². The molecule has 0 unspecified atom stereocenters. The van der Waals surface area contributed by atoms with Gasteiger partial charge in [0.1, 0.15) is 5.15 Å². The molecule has 0 aromatic carbocycles. The van der Waals surface area contributed by atoms with Crippen LogP contribution < -0.4 is 10.5 Å². The second-order valence-electron chi connectivity index (χ2n) is 4.06. The Kier molecular flexibility index (Phi) is 3.62. The van der Waals surface area contributed by atoms with Gasteiger partial charge in [-0.2, -0.15) is 5.10 Å². The van der Waals surface area contributed by atoms with E-state index in [0.717, 1.165) is 5.69 Å². The van der Waals surface area contributed by atoms with Gasteiger partial charge in [0.2, 0.25) is 0 Å². The van der Waals surface area contributed by atoms with E-state index in [9.17, 15) is 4.79 Å². The highest BCUT2D eigenvalue weighted by atomic mass is 35.5. The summed E-state index contributed by atoms with van der Waals surface area (Å²) < 4.78 is 1.35. The Morgan fingerprint density at radius 3 is 2.78 bits per heavy atom. The summed E-state index contributed by atoms with van der Waals surface area (Å²) in [5.41, 5.74) is 1.31. The lowest BCUT2D eigenvalue weighted by atomic mass is 10.3. The van der Waals surface area contributed by atoms with Gasteiger partial charge in [0.15, 0.2) is 0 Å². The van der Waals surface area contributed by atoms with Crippen molar-refractivity contribution in [2.24, 2.45) is 0 Å². The van der Waals surface area contributed by atoms with Crippen molar-refractivity contribution in [3.63, 3.8) is 0 Å². The van der Waals surface area contributed by atoms with Crippen LogP contribution >= 0.6 is 11.6 Å². The first-order chi connectivity index (χ1) is 8.56. The summed E-state index contributed by atoms with van der Waals surface area (Å²) in [4.78, 5) is 17.8. The number of halogens is 1. The molecule has 0 amide bonds. The molecule has 0 aliphatic rings. The second-order valence-corrected chi connectivity index (χ2v) is 4.44. The van der Waals surface area contributed by atoms with Gasteiger partial charge >= 0.3 is 0 Å². The van der Waals surface area contributed by atoms with Crippen LogP contribution in [0.2, 0.25) is 5.15 Å². The topological polar surface area (TPSA) is 51.0 Å². The Morgan fingerprint density at radius 2 is 2.17 bits per heavy atom. The minimum atomic E-state index is -0.164. The molecule has 0 aliphatic carbocycles. The molecule has 5 nitrogen and oxygen atoms in total. The lowest BCUT2D eigenvalue weighted by molar-refractivity contribution is 0.627. The number of pyridine rings is 1. The highest BCUT2D eigenvalue weighted by Crippen LogP contribution is 2.07. The zero-order chi connectivity index (χ0) is 13.1. The predicted molar refractivity (Wildman–Crippen MR) is 71.2 cm³/mol. The lowest BCUT2D eigenvalue weighted by Gasteiger charge is -2.12. The number of aromatic nitrogens is 3. The summed E-state index contributed by atoms with van der Waals surface area (Å²) in [5.74, 6) is 0. The molecule has 0 bridgehead atoms. The number of nitrogens with zero attached hydrogens (tertiary/aromatic N) is 4. The van der Waals surface area contributed by atoms with Gasteiger partial charge in [-0.05, 0) is 12.1 Å². The Hall–Kier alpha value is -1.88. The first-order valence-electron chi connectivity index (χ1n) is 5.42. The van der Waals surface area contributed by atoms with Crippen molar-refractivity contribution in [2.45, 2.75) is 6.54 Å². The third-order valence-electron chi connectivity index (χ3n) is 2.46. The molecule has 0 radical (unpaired) electrons. The standard InChI is InChI=1S/C12H13ClN4O/c1-16(2)10-6-12(18)17(14-7-10)8-9-4-3-5-11(13)15-9/h3-7H,8H2,1-2H3. The largest absolute Gasteiger partial charge is 0.376 e. The third-order valence-corrected chi connectivity index (χ3v) is 2.67. The number of anilines is 1. The molecule has 0 aliphatic heterocycles. The minimum Gasteiger partial charge on any atom is -0.376 e. The summed E-state index contributed by atoms with van der Waals surface area (Å²) in [6.45, 7) is 0.313. The van der Waals surface area contributed by atoms with Gasteiger partial charge in [-0.15, -0.1) is 0 Å². The monoisotopic (exact) mass is 264 g/mol. The predicted octanol–water partition coefficient (Wildman–Crippen LogP) is 1.41. The normalized spacial score (nSPS) is 10.4. The molecule has 0 N–H and O–H groups in total. The smallest absolute Gasteiger partial charge is 0.269 e. The molecular weight excluding hydrogens is 252 g/mol. The molecular formula is C12H13ClN4O. The molecule has 18 heavy (non-hydrogen) atoms. The van der Waals surface area contributed by atoms with E-state index in [4.69, 9.17) is 11.6 Å². The summed E-state index contributed by atoms with van der Waals surface area (Å²) in [6.07, 6.45) is 1.64. The number of rotatable bonds is 3. The summed E-state index contributed by atoms with van der Waals surface area (Å²) >= 11 is 5.79. The maximum absolute atomic E-state index is 11.8. The van der Waals surface area contributed by atoms with Gasteiger partial charge in [0.05, 0.1) is 24.1 Å². The van der Waals surface area contributed by atoms with E-state index in [1.807, 2.05) is 19.0 Å². The van der Waals surface area contributed by atoms with E-state index in [-0.39, 0.29) is 5.56 Å². The molecule has 0 spiro atoms. The fourth-order valence-electron chi connectivity index (χ4n) is 1.48. The highest BCUT2D eigenvalue weighted by molar-refractivity contribution is 6.29. The molecule has 0 saturated carbocycles. The SMILES string of the molecule is CN(C)c1cnn(Cc2cccc(Cl)n2)c(=O)c1. The Labute approximate surface area is 110 Å². The van der Waals surface area contributed by atoms with Crippen LogP contribution in [0.25, 0.3) is 0 Å². The van der Waals surface area contributed by atoms with Crippen molar-refractivity contribution < 1.29 is 0 Å². The molecule has 0 atom stereocenters. The van der Waals surface area contributed by atoms with Crippen LogP contribution in [0.15, 0.2) is 35.3 Å². The zero-order valence-electron chi connectivity index (χ0n) is 10.2. The van der Waals surface area contributed by atoms with E-state index in [2.05, 4.69) is 10.1 Å². The van der Waals surface area contributed by atoms with Crippen LogP contribution in [-0.4, -0.2) is 28.9 Å². The molecule has 0 fully saturated rings. The van der Waals surface area contributed by atoms with Crippen molar-refractivity contribution in [3.8, 4) is 0 Å². The van der Waals surface area contributed by atoms with Crippen molar-refractivity contribution in [1.29, 1.82) is 0 Å². The van der Waals surface area contributed by atoms with Gasteiger partial charge in [-0.25, -0.2) is 9.67 Å². The van der Waals surface area contributed by atoms with Crippen LogP contribution in [0.3, 0.4) is 0 Å². The molecule has 2 heterocycles. The maximum Gasteiger partial charge on any atom is 0.269 e. The van der Waals surface area contributed by atoms with E-state index in [1.54, 1.807) is 24.4 Å². The fraction of sp³-hybridized carbons (Fsp3) is 0.250. The highest BCUT2D eigenvalue weighted by Gasteiger charge is 2.03. The van der Waals surface area contributed by atoms with Crippen LogP contribution in [-0.2, 0) is 6.54 Å². The molecule has 2 aromatic rings. The van der Waals surface area contributed by atoms with Crippen molar-refractivity contribution in [2.75, 3.05) is 19.0 Å². The Balaban J connectivity index is 2.28. The zero-order valence-corrected chi connectivity index (χ0v) is 10.9. The van der Waals surface area contributed by atoms with Crippen LogP contribution in [0.5, 0.6) is 0 Å². The molecule has 2 aromatic heterocycles. The van der Waals surface area contributed by atoms with Crippen LogP contribution in [0.4, 0.5) is 5.69 Å². The third kappa shape index (κ3) is 2.87. The van der Waals surface area contributed by atoms with E-state index in [0.29, 0.717) is 17.4 Å². The summed E-state index contributed by atoms with van der Waals surface area (Å²) in [6, 6.07) is 6.83. The molecule has 2 rings (SSSR count). The van der Waals surface area contributed by atoms with Gasteiger partial charge in [-0.1, -0.05) is 17.7 Å². The van der Waals surface area contributed by atoms with Crippen molar-refractivity contribution >= 4 is 17.3 Å². The van der Waals surface area contributed by atoms with Crippen LogP contribution in [0.1, 0.15) is 5.69 Å². The fourth-order valence-corrected chi connectivity index (χ4v) is 1.66. The molecule has 94 valence electrons. The first-order valence-corrected chi connectivity index (χ1v) is 5.80. The average molecular weight is 265 g/mol. The van der Waals surface area contributed by atoms with E-state index >= 15 is 0 Å². The quantitative estimate of drug-likeness (QED) is 0.787. The molecule has 6 heteroatoms. The van der Waals surface area contributed by atoms with E-state index < -0.39 is 0 Å². The van der Waals surface area contributed by atoms with Gasteiger partial charge < -0.3 is 4.90 Å². The second kappa shape index (κ2) is 5.18. The maximum atomic E-state index is 11.8. The lowest BCUT2D eigenvalue weighted by Crippen LogP contribution is -2.24.